The molecular weight excluding hydrogens is 472 g/mol. The van der Waals surface area contributed by atoms with Crippen LogP contribution in [-0.4, -0.2) is 31.2 Å². The van der Waals surface area contributed by atoms with Gasteiger partial charge in [0.05, 0.1) is 17.1 Å². The molecule has 0 atom stereocenters. The Morgan fingerprint density at radius 1 is 0.917 bits per heavy atom. The molecule has 3 aromatic rings. The van der Waals surface area contributed by atoms with Gasteiger partial charge in [-0.3, -0.25) is 4.79 Å². The zero-order valence-corrected chi connectivity index (χ0v) is 22.0. The summed E-state index contributed by atoms with van der Waals surface area (Å²) in [5, 5.41) is 2.89. The summed E-state index contributed by atoms with van der Waals surface area (Å²) in [5.41, 5.74) is 2.92. The standard InChI is InChI=1S/C29H34N2O4S/c1-21-18-22(2)29(23(3)19-21)36(33,34)31(24-12-6-4-7-13-24)20-28(32)30-26-16-10-11-17-27(26)35-25-14-8-5-9-15-25/h5,8-11,14-19,24H,4,6-7,12-13,20H2,1-3H3,(H,30,32). The maximum atomic E-state index is 14.0. The molecule has 4 rings (SSSR count). The Morgan fingerprint density at radius 2 is 1.53 bits per heavy atom. The van der Waals surface area contributed by atoms with Gasteiger partial charge in [0.15, 0.2) is 5.75 Å². The Balaban J connectivity index is 1.61. The molecule has 1 N–H and O–H groups in total. The van der Waals surface area contributed by atoms with Crippen molar-refractivity contribution in [3.8, 4) is 11.5 Å². The quantitative estimate of drug-likeness (QED) is 0.385. The Labute approximate surface area is 214 Å². The average Bonchev–Trinajstić information content (AvgIpc) is 2.84. The van der Waals surface area contributed by atoms with Crippen LogP contribution in [0.4, 0.5) is 5.69 Å². The Morgan fingerprint density at radius 3 is 2.19 bits per heavy atom. The number of benzene rings is 3. The van der Waals surface area contributed by atoms with Crippen LogP contribution < -0.4 is 10.1 Å². The van der Waals surface area contributed by atoms with Gasteiger partial charge in [0.1, 0.15) is 5.75 Å². The first-order chi connectivity index (χ1) is 17.3. The lowest BCUT2D eigenvalue weighted by molar-refractivity contribution is -0.116. The topological polar surface area (TPSA) is 75.7 Å². The van der Waals surface area contributed by atoms with Gasteiger partial charge in [-0.2, -0.15) is 4.31 Å². The van der Waals surface area contributed by atoms with E-state index >= 15 is 0 Å². The van der Waals surface area contributed by atoms with Crippen LogP contribution >= 0.6 is 0 Å². The lowest BCUT2D eigenvalue weighted by Crippen LogP contribution is -2.46. The molecular formula is C29H34N2O4S. The molecule has 190 valence electrons. The number of amides is 1. The van der Waals surface area contributed by atoms with Crippen molar-refractivity contribution in [2.75, 3.05) is 11.9 Å². The molecule has 0 aromatic heterocycles. The number of aryl methyl sites for hydroxylation is 3. The molecule has 0 spiro atoms. The Bertz CT molecular complexity index is 1290. The van der Waals surface area contributed by atoms with Crippen LogP contribution in [-0.2, 0) is 14.8 Å². The van der Waals surface area contributed by atoms with Crippen molar-refractivity contribution in [1.29, 1.82) is 0 Å². The van der Waals surface area contributed by atoms with Crippen molar-refractivity contribution in [2.45, 2.75) is 63.8 Å². The SMILES string of the molecule is Cc1cc(C)c(S(=O)(=O)N(CC(=O)Nc2ccccc2Oc2ccccc2)C2CCCCC2)c(C)c1. The molecule has 1 aliphatic carbocycles. The summed E-state index contributed by atoms with van der Waals surface area (Å²) in [6.07, 6.45) is 4.51. The number of hydrogen-bond donors (Lipinski definition) is 1. The van der Waals surface area contributed by atoms with E-state index in [0.717, 1.165) is 37.7 Å². The summed E-state index contributed by atoms with van der Waals surface area (Å²) < 4.78 is 35.4. The smallest absolute Gasteiger partial charge is 0.244 e. The van der Waals surface area contributed by atoms with E-state index in [2.05, 4.69) is 5.32 Å². The van der Waals surface area contributed by atoms with E-state index in [0.29, 0.717) is 33.2 Å². The van der Waals surface area contributed by atoms with Gasteiger partial charge in [0.2, 0.25) is 15.9 Å². The summed E-state index contributed by atoms with van der Waals surface area (Å²) in [6.45, 7) is 5.35. The highest BCUT2D eigenvalue weighted by Crippen LogP contribution is 2.32. The highest BCUT2D eigenvalue weighted by molar-refractivity contribution is 7.89. The van der Waals surface area contributed by atoms with Gasteiger partial charge in [-0.05, 0) is 69.0 Å². The van der Waals surface area contributed by atoms with Gasteiger partial charge in [-0.15, -0.1) is 0 Å². The van der Waals surface area contributed by atoms with Crippen LogP contribution in [0.5, 0.6) is 11.5 Å². The second kappa shape index (κ2) is 11.3. The number of ether oxygens (including phenoxy) is 1. The van der Waals surface area contributed by atoms with Gasteiger partial charge in [0, 0.05) is 6.04 Å². The fraction of sp³-hybridized carbons (Fsp3) is 0.345. The predicted octanol–water partition coefficient (Wildman–Crippen LogP) is 6.37. The second-order valence-corrected chi connectivity index (χ2v) is 11.4. The first-order valence-corrected chi connectivity index (χ1v) is 13.9. The monoisotopic (exact) mass is 506 g/mol. The second-order valence-electron chi connectivity index (χ2n) is 9.53. The van der Waals surface area contributed by atoms with Crippen molar-refractivity contribution in [1.82, 2.24) is 4.31 Å². The summed E-state index contributed by atoms with van der Waals surface area (Å²) in [4.78, 5) is 13.6. The van der Waals surface area contributed by atoms with Crippen molar-refractivity contribution in [3.05, 3.63) is 83.4 Å². The normalized spacial score (nSPS) is 14.6. The number of carbonyl (C=O) groups is 1. The van der Waals surface area contributed by atoms with Crippen LogP contribution in [0.2, 0.25) is 0 Å². The molecule has 36 heavy (non-hydrogen) atoms. The maximum Gasteiger partial charge on any atom is 0.244 e. The lowest BCUT2D eigenvalue weighted by atomic mass is 9.95. The molecule has 3 aromatic carbocycles. The van der Waals surface area contributed by atoms with Crippen molar-refractivity contribution in [3.63, 3.8) is 0 Å². The average molecular weight is 507 g/mol. The van der Waals surface area contributed by atoms with Crippen LogP contribution in [0.25, 0.3) is 0 Å². The largest absolute Gasteiger partial charge is 0.455 e. The van der Waals surface area contributed by atoms with E-state index in [1.807, 2.05) is 75.4 Å². The molecule has 1 aliphatic rings. The van der Waals surface area contributed by atoms with Crippen LogP contribution in [0.1, 0.15) is 48.8 Å². The van der Waals surface area contributed by atoms with E-state index in [-0.39, 0.29) is 12.6 Å². The van der Waals surface area contributed by atoms with Gasteiger partial charge in [-0.25, -0.2) is 8.42 Å². The zero-order valence-electron chi connectivity index (χ0n) is 21.2. The van der Waals surface area contributed by atoms with E-state index in [9.17, 15) is 13.2 Å². The summed E-state index contributed by atoms with van der Waals surface area (Å²) >= 11 is 0. The third-order valence-electron chi connectivity index (χ3n) is 6.58. The van der Waals surface area contributed by atoms with Crippen LogP contribution in [0, 0.1) is 20.8 Å². The first-order valence-electron chi connectivity index (χ1n) is 12.5. The number of anilines is 1. The van der Waals surface area contributed by atoms with Gasteiger partial charge < -0.3 is 10.1 Å². The van der Waals surface area contributed by atoms with E-state index in [1.54, 1.807) is 12.1 Å². The van der Waals surface area contributed by atoms with Crippen LogP contribution in [0.3, 0.4) is 0 Å². The molecule has 0 saturated heterocycles. The molecule has 6 nitrogen and oxygen atoms in total. The minimum Gasteiger partial charge on any atom is -0.455 e. The van der Waals surface area contributed by atoms with Crippen LogP contribution in [0.15, 0.2) is 71.6 Å². The molecule has 0 bridgehead atoms. The summed E-state index contributed by atoms with van der Waals surface area (Å²) in [7, 11) is -3.88. The fourth-order valence-electron chi connectivity index (χ4n) is 5.08. The highest BCUT2D eigenvalue weighted by atomic mass is 32.2. The Hall–Kier alpha value is -3.16. The van der Waals surface area contributed by atoms with Crippen molar-refractivity contribution >= 4 is 21.6 Å². The fourth-order valence-corrected chi connectivity index (χ4v) is 7.13. The first kappa shape index (κ1) is 25.9. The number of nitrogens with zero attached hydrogens (tertiary/aromatic N) is 1. The lowest BCUT2D eigenvalue weighted by Gasteiger charge is -2.33. The van der Waals surface area contributed by atoms with E-state index in [4.69, 9.17) is 4.74 Å². The number of para-hydroxylation sites is 3. The number of rotatable bonds is 8. The Kier molecular flexibility index (Phi) is 8.11. The number of hydrogen-bond acceptors (Lipinski definition) is 4. The minimum absolute atomic E-state index is 0.203. The molecule has 7 heteroatoms. The van der Waals surface area contributed by atoms with Gasteiger partial charge >= 0.3 is 0 Å². The molecule has 0 aliphatic heterocycles. The highest BCUT2D eigenvalue weighted by Gasteiger charge is 2.35. The molecule has 1 fully saturated rings. The van der Waals surface area contributed by atoms with Crippen molar-refractivity contribution < 1.29 is 17.9 Å². The zero-order chi connectivity index (χ0) is 25.7. The third-order valence-corrected chi connectivity index (χ3v) is 8.79. The summed E-state index contributed by atoms with van der Waals surface area (Å²) in [5.74, 6) is 0.751. The van der Waals surface area contributed by atoms with Crippen molar-refractivity contribution in [2.24, 2.45) is 0 Å². The molecule has 0 unspecified atom stereocenters. The minimum atomic E-state index is -3.88. The third kappa shape index (κ3) is 5.97. The number of nitrogens with one attached hydrogen (secondary N) is 1. The number of sulfonamides is 1. The molecule has 1 amide bonds. The number of carbonyl (C=O) groups excluding carboxylic acids is 1. The molecule has 1 saturated carbocycles. The molecule has 0 radical (unpaired) electrons. The van der Waals surface area contributed by atoms with E-state index < -0.39 is 15.9 Å². The molecule has 0 heterocycles. The van der Waals surface area contributed by atoms with Gasteiger partial charge in [0.25, 0.3) is 0 Å². The maximum absolute atomic E-state index is 14.0. The van der Waals surface area contributed by atoms with Gasteiger partial charge in [-0.1, -0.05) is 67.3 Å². The van der Waals surface area contributed by atoms with E-state index in [1.165, 1.54) is 4.31 Å². The predicted molar refractivity (Wildman–Crippen MR) is 143 cm³/mol. The summed E-state index contributed by atoms with van der Waals surface area (Å²) in [6, 6.07) is 20.1.